The highest BCUT2D eigenvalue weighted by Crippen LogP contribution is 2.32. The summed E-state index contributed by atoms with van der Waals surface area (Å²) in [6.45, 7) is 3.66. The van der Waals surface area contributed by atoms with Crippen molar-refractivity contribution in [3.63, 3.8) is 0 Å². The zero-order chi connectivity index (χ0) is 24.7. The zero-order valence-electron chi connectivity index (χ0n) is 19.0. The number of carbonyl (C=O) groups is 1. The van der Waals surface area contributed by atoms with Crippen LogP contribution in [0.2, 0.25) is 0 Å². The van der Waals surface area contributed by atoms with Crippen LogP contribution in [0.3, 0.4) is 0 Å². The van der Waals surface area contributed by atoms with Crippen molar-refractivity contribution in [3.8, 4) is 0 Å². The third-order valence-electron chi connectivity index (χ3n) is 6.27. The predicted octanol–water partition coefficient (Wildman–Crippen LogP) is 5.71. The Kier molecular flexibility index (Phi) is 5.78. The van der Waals surface area contributed by atoms with E-state index in [0.717, 1.165) is 17.6 Å². The molecular formula is C26H23F4N3O2. The van der Waals surface area contributed by atoms with Gasteiger partial charge in [-0.2, -0.15) is 13.2 Å². The van der Waals surface area contributed by atoms with Gasteiger partial charge in [0.15, 0.2) is 5.58 Å². The molecule has 0 spiro atoms. The molecule has 0 unspecified atom stereocenters. The van der Waals surface area contributed by atoms with Gasteiger partial charge in [-0.3, -0.25) is 4.79 Å². The van der Waals surface area contributed by atoms with E-state index >= 15 is 0 Å². The zero-order valence-corrected chi connectivity index (χ0v) is 19.0. The summed E-state index contributed by atoms with van der Waals surface area (Å²) in [5, 5.41) is 0. The van der Waals surface area contributed by atoms with E-state index in [1.165, 1.54) is 18.2 Å². The van der Waals surface area contributed by atoms with Gasteiger partial charge in [0, 0.05) is 50.5 Å². The number of anilines is 1. The fourth-order valence-corrected chi connectivity index (χ4v) is 4.54. The molecule has 5 rings (SSSR count). The molecule has 0 atom stereocenters. The van der Waals surface area contributed by atoms with Crippen molar-refractivity contribution in [2.75, 3.05) is 31.1 Å². The molecule has 1 fully saturated rings. The maximum atomic E-state index is 13.8. The van der Waals surface area contributed by atoms with Gasteiger partial charge in [0.05, 0.1) is 11.1 Å². The Bertz CT molecular complexity index is 1380. The van der Waals surface area contributed by atoms with Crippen LogP contribution in [0.4, 0.5) is 23.2 Å². The molecule has 4 aromatic rings. The normalized spacial score (nSPS) is 14.7. The fourth-order valence-electron chi connectivity index (χ4n) is 4.54. The van der Waals surface area contributed by atoms with Crippen molar-refractivity contribution in [1.82, 2.24) is 9.47 Å². The van der Waals surface area contributed by atoms with Crippen LogP contribution in [-0.2, 0) is 12.7 Å². The summed E-state index contributed by atoms with van der Waals surface area (Å²) in [5.74, 6) is 0.152. The smallest absolute Gasteiger partial charge is 0.416 e. The van der Waals surface area contributed by atoms with Gasteiger partial charge in [0.25, 0.3) is 5.91 Å². The highest BCUT2D eigenvalue weighted by molar-refractivity contribution is 5.98. The van der Waals surface area contributed by atoms with Crippen LogP contribution in [-0.4, -0.2) is 41.6 Å². The third-order valence-corrected chi connectivity index (χ3v) is 6.27. The minimum absolute atomic E-state index is 0.200. The summed E-state index contributed by atoms with van der Waals surface area (Å²) >= 11 is 0. The number of alkyl halides is 3. The molecule has 3 heterocycles. The van der Waals surface area contributed by atoms with Crippen molar-refractivity contribution in [2.24, 2.45) is 0 Å². The van der Waals surface area contributed by atoms with E-state index in [0.29, 0.717) is 61.0 Å². The first-order valence-electron chi connectivity index (χ1n) is 11.2. The number of halogens is 4. The van der Waals surface area contributed by atoms with Crippen LogP contribution < -0.4 is 4.90 Å². The highest BCUT2D eigenvalue weighted by Gasteiger charge is 2.32. The van der Waals surface area contributed by atoms with Crippen molar-refractivity contribution >= 4 is 22.7 Å². The molecule has 2 aromatic carbocycles. The third kappa shape index (κ3) is 4.62. The summed E-state index contributed by atoms with van der Waals surface area (Å²) in [6.07, 6.45) is -4.41. The second-order valence-electron chi connectivity index (χ2n) is 8.68. The van der Waals surface area contributed by atoms with Gasteiger partial charge in [-0.25, -0.2) is 4.39 Å². The van der Waals surface area contributed by atoms with Crippen LogP contribution in [0, 0.1) is 12.7 Å². The van der Waals surface area contributed by atoms with Gasteiger partial charge in [0.1, 0.15) is 17.3 Å². The van der Waals surface area contributed by atoms with Crippen LogP contribution in [0.5, 0.6) is 0 Å². The van der Waals surface area contributed by atoms with Crippen LogP contribution in [0.15, 0.2) is 65.1 Å². The Balaban J connectivity index is 1.36. The Morgan fingerprint density at radius 2 is 1.71 bits per heavy atom. The fraction of sp³-hybridized carbons (Fsp3) is 0.269. The Labute approximate surface area is 199 Å². The lowest BCUT2D eigenvalue weighted by atomic mass is 10.1. The molecule has 0 aliphatic carbocycles. The number of aryl methyl sites for hydroxylation is 1. The van der Waals surface area contributed by atoms with E-state index in [1.807, 2.05) is 22.5 Å². The first-order chi connectivity index (χ1) is 16.7. The van der Waals surface area contributed by atoms with Gasteiger partial charge in [-0.05, 0) is 42.8 Å². The summed E-state index contributed by atoms with van der Waals surface area (Å²) in [5.41, 5.74) is 2.25. The number of benzene rings is 2. The quantitative estimate of drug-likeness (QED) is 0.348. The number of hydrogen-bond acceptors (Lipinski definition) is 3. The van der Waals surface area contributed by atoms with Gasteiger partial charge >= 0.3 is 6.18 Å². The van der Waals surface area contributed by atoms with E-state index in [2.05, 4.69) is 0 Å². The van der Waals surface area contributed by atoms with Crippen molar-refractivity contribution < 1.29 is 26.8 Å². The van der Waals surface area contributed by atoms with Gasteiger partial charge in [-0.15, -0.1) is 0 Å². The summed E-state index contributed by atoms with van der Waals surface area (Å²) in [4.78, 5) is 17.0. The molecule has 1 amide bonds. The molecule has 35 heavy (non-hydrogen) atoms. The van der Waals surface area contributed by atoms with Crippen molar-refractivity contribution in [2.45, 2.75) is 19.6 Å². The summed E-state index contributed by atoms with van der Waals surface area (Å²) in [7, 11) is 0. The lowest BCUT2D eigenvalue weighted by molar-refractivity contribution is -0.137. The summed E-state index contributed by atoms with van der Waals surface area (Å²) in [6, 6.07) is 15.0. The number of rotatable bonds is 4. The van der Waals surface area contributed by atoms with Crippen LogP contribution in [0.25, 0.3) is 11.1 Å². The monoisotopic (exact) mass is 485 g/mol. The number of amides is 1. The van der Waals surface area contributed by atoms with E-state index in [1.54, 1.807) is 29.2 Å². The molecule has 0 saturated carbocycles. The number of nitrogens with zero attached hydrogens (tertiary/aromatic N) is 3. The molecule has 182 valence electrons. The Morgan fingerprint density at radius 1 is 0.971 bits per heavy atom. The van der Waals surface area contributed by atoms with Crippen molar-refractivity contribution in [3.05, 3.63) is 89.1 Å². The van der Waals surface area contributed by atoms with E-state index in [-0.39, 0.29) is 11.7 Å². The second-order valence-corrected chi connectivity index (χ2v) is 8.68. The number of fused-ring (bicyclic) bond motifs is 1. The lowest BCUT2D eigenvalue weighted by Crippen LogP contribution is -2.49. The van der Waals surface area contributed by atoms with Crippen LogP contribution >= 0.6 is 0 Å². The Morgan fingerprint density at radius 3 is 2.43 bits per heavy atom. The van der Waals surface area contributed by atoms with E-state index in [4.69, 9.17) is 4.42 Å². The molecule has 1 aliphatic rings. The number of hydrogen-bond donors (Lipinski definition) is 0. The molecule has 0 N–H and O–H groups in total. The maximum Gasteiger partial charge on any atom is 0.416 e. The molecule has 2 aromatic heterocycles. The number of furan rings is 1. The van der Waals surface area contributed by atoms with E-state index < -0.39 is 11.7 Å². The molecule has 0 radical (unpaired) electrons. The molecule has 0 bridgehead atoms. The molecular weight excluding hydrogens is 462 g/mol. The lowest BCUT2D eigenvalue weighted by Gasteiger charge is -2.36. The minimum Gasteiger partial charge on any atom is -0.460 e. The highest BCUT2D eigenvalue weighted by atomic mass is 19.4. The molecule has 9 heteroatoms. The standard InChI is InChI=1S/C26H23F4N3O2/c1-17-12-22-24(35-17)15-23(33(22)16-18-4-2-6-20(27)13-18)25(34)32-10-8-31(9-11-32)21-7-3-5-19(14-21)26(28,29)30/h2-7,12-15H,8-11,16H2,1H3. The molecule has 1 aliphatic heterocycles. The van der Waals surface area contributed by atoms with Crippen molar-refractivity contribution in [1.29, 1.82) is 0 Å². The SMILES string of the molecule is Cc1cc2c(cc(C(=O)N3CCN(c4cccc(C(F)(F)F)c4)CC3)n2Cc2cccc(F)c2)o1. The van der Waals surface area contributed by atoms with Gasteiger partial charge < -0.3 is 18.8 Å². The maximum absolute atomic E-state index is 13.8. The molecule has 1 saturated heterocycles. The average Bonchev–Trinajstić information content (AvgIpc) is 3.35. The number of carbonyl (C=O) groups excluding carboxylic acids is 1. The van der Waals surface area contributed by atoms with Crippen LogP contribution in [0.1, 0.15) is 27.4 Å². The summed E-state index contributed by atoms with van der Waals surface area (Å²) < 4.78 is 60.6. The minimum atomic E-state index is -4.41. The predicted molar refractivity (Wildman–Crippen MR) is 124 cm³/mol. The second kappa shape index (κ2) is 8.79. The first kappa shape index (κ1) is 23.0. The number of aromatic nitrogens is 1. The molecule has 5 nitrogen and oxygen atoms in total. The first-order valence-corrected chi connectivity index (χ1v) is 11.2. The largest absolute Gasteiger partial charge is 0.460 e. The topological polar surface area (TPSA) is 41.6 Å². The van der Waals surface area contributed by atoms with Gasteiger partial charge in [-0.1, -0.05) is 18.2 Å². The number of piperazine rings is 1. The Hall–Kier alpha value is -3.75. The average molecular weight is 485 g/mol. The van der Waals surface area contributed by atoms with E-state index in [9.17, 15) is 22.4 Å². The van der Waals surface area contributed by atoms with Gasteiger partial charge in [0.2, 0.25) is 0 Å².